The summed E-state index contributed by atoms with van der Waals surface area (Å²) in [4.78, 5) is 57.4. The van der Waals surface area contributed by atoms with E-state index in [-0.39, 0.29) is 24.6 Å². The van der Waals surface area contributed by atoms with Crippen LogP contribution < -0.4 is 20.1 Å². The van der Waals surface area contributed by atoms with Crippen LogP contribution in [-0.2, 0) is 28.7 Å². The van der Waals surface area contributed by atoms with Crippen LogP contribution in [0.1, 0.15) is 27.7 Å². The maximum Gasteiger partial charge on any atom is 0.421 e. The van der Waals surface area contributed by atoms with E-state index in [4.69, 9.17) is 18.9 Å². The number of amides is 2. The fourth-order valence-electron chi connectivity index (χ4n) is 5.30. The molecule has 0 radical (unpaired) electrons. The van der Waals surface area contributed by atoms with Crippen LogP contribution in [0.15, 0.2) is 84.9 Å². The number of hydrogen-bond donors (Lipinski definition) is 2. The van der Waals surface area contributed by atoms with Crippen LogP contribution >= 0.6 is 0 Å². The first-order valence-electron chi connectivity index (χ1n) is 17.0. The summed E-state index contributed by atoms with van der Waals surface area (Å²) in [7, 11) is 0. The molecule has 0 fully saturated rings. The highest BCUT2D eigenvalue weighted by Gasteiger charge is 2.34. The number of carbonyl (C=O) groups excluding carboxylic acids is 4. The van der Waals surface area contributed by atoms with Crippen LogP contribution in [0.5, 0.6) is 11.5 Å². The molecular formula is C38H46N4O8. The van der Waals surface area contributed by atoms with Crippen molar-refractivity contribution in [2.45, 2.75) is 40.3 Å². The van der Waals surface area contributed by atoms with Crippen molar-refractivity contribution in [3.8, 4) is 11.5 Å². The van der Waals surface area contributed by atoms with Gasteiger partial charge in [0.15, 0.2) is 0 Å². The van der Waals surface area contributed by atoms with Gasteiger partial charge in [-0.1, -0.05) is 100 Å². The third kappa shape index (κ3) is 10.4. The maximum atomic E-state index is 13.3. The molecular weight excluding hydrogens is 640 g/mol. The van der Waals surface area contributed by atoms with Crippen molar-refractivity contribution in [2.24, 2.45) is 0 Å². The Bertz CT molecular complexity index is 1600. The molecule has 4 aromatic carbocycles. The van der Waals surface area contributed by atoms with Crippen molar-refractivity contribution in [3.05, 3.63) is 84.9 Å². The third-order valence-electron chi connectivity index (χ3n) is 8.23. The van der Waals surface area contributed by atoms with E-state index in [2.05, 4.69) is 20.4 Å². The van der Waals surface area contributed by atoms with E-state index in [0.29, 0.717) is 23.9 Å². The second kappa shape index (κ2) is 19.1. The molecule has 0 aliphatic carbocycles. The molecule has 0 bridgehead atoms. The Morgan fingerprint density at radius 2 is 0.900 bits per heavy atom. The lowest BCUT2D eigenvalue weighted by molar-refractivity contribution is -0.192. The molecule has 2 amide bonds. The van der Waals surface area contributed by atoms with Crippen LogP contribution in [-0.4, -0.2) is 98.5 Å². The molecule has 0 aliphatic rings. The summed E-state index contributed by atoms with van der Waals surface area (Å²) < 4.78 is 22.5. The van der Waals surface area contributed by atoms with Crippen molar-refractivity contribution in [1.82, 2.24) is 20.4 Å². The van der Waals surface area contributed by atoms with Gasteiger partial charge in [-0.3, -0.25) is 9.59 Å². The normalized spacial score (nSPS) is 12.4. The zero-order valence-corrected chi connectivity index (χ0v) is 29.1. The minimum absolute atomic E-state index is 0.243. The monoisotopic (exact) mass is 686 g/mol. The lowest BCUT2D eigenvalue weighted by atomic mass is 10.1. The predicted octanol–water partition coefficient (Wildman–Crippen LogP) is 4.11. The van der Waals surface area contributed by atoms with Gasteiger partial charge in [0.1, 0.15) is 11.5 Å². The summed E-state index contributed by atoms with van der Waals surface area (Å²) in [5, 5.41) is 8.43. The molecule has 0 heterocycles. The molecule has 50 heavy (non-hydrogen) atoms. The summed E-state index contributed by atoms with van der Waals surface area (Å²) >= 11 is 0. The minimum Gasteiger partial charge on any atom is -0.446 e. The van der Waals surface area contributed by atoms with Gasteiger partial charge in [0.2, 0.25) is 0 Å². The van der Waals surface area contributed by atoms with Gasteiger partial charge in [-0.25, -0.2) is 9.59 Å². The fraction of sp³-hybridized carbons (Fsp3) is 0.368. The van der Waals surface area contributed by atoms with E-state index >= 15 is 0 Å². The number of nitrogens with zero attached hydrogens (tertiary/aromatic N) is 2. The number of esters is 2. The first kappa shape index (κ1) is 37.6. The fourth-order valence-corrected chi connectivity index (χ4v) is 5.30. The number of benzene rings is 4. The summed E-state index contributed by atoms with van der Waals surface area (Å²) in [6.07, 6.45) is -3.70. The largest absolute Gasteiger partial charge is 0.446 e. The van der Waals surface area contributed by atoms with Gasteiger partial charge in [-0.2, -0.15) is 0 Å². The average molecular weight is 687 g/mol. The van der Waals surface area contributed by atoms with Crippen LogP contribution in [0.25, 0.3) is 21.5 Å². The summed E-state index contributed by atoms with van der Waals surface area (Å²) in [5.74, 6) is -4.11. The predicted molar refractivity (Wildman–Crippen MR) is 191 cm³/mol. The average Bonchev–Trinajstić information content (AvgIpc) is 3.14. The molecule has 4 rings (SSSR count). The van der Waals surface area contributed by atoms with E-state index in [1.54, 1.807) is 48.5 Å². The molecule has 2 N–H and O–H groups in total. The molecule has 2 atom stereocenters. The summed E-state index contributed by atoms with van der Waals surface area (Å²) in [5.41, 5.74) is 0. The Morgan fingerprint density at radius 1 is 0.540 bits per heavy atom. The van der Waals surface area contributed by atoms with Gasteiger partial charge < -0.3 is 39.4 Å². The van der Waals surface area contributed by atoms with Crippen molar-refractivity contribution in [2.75, 3.05) is 52.4 Å². The van der Waals surface area contributed by atoms with Crippen LogP contribution in [0.3, 0.4) is 0 Å². The van der Waals surface area contributed by atoms with Gasteiger partial charge >= 0.3 is 36.3 Å². The molecule has 0 saturated carbocycles. The number of carbonyl (C=O) groups is 4. The Kier molecular flexibility index (Phi) is 14.4. The van der Waals surface area contributed by atoms with Gasteiger partial charge in [-0.05, 0) is 49.1 Å². The Balaban J connectivity index is 1.53. The van der Waals surface area contributed by atoms with Crippen molar-refractivity contribution < 1.29 is 38.1 Å². The Morgan fingerprint density at radius 3 is 1.28 bits per heavy atom. The summed E-state index contributed by atoms with van der Waals surface area (Å²) in [6.45, 7) is 12.8. The van der Waals surface area contributed by atoms with E-state index < -0.39 is 36.3 Å². The van der Waals surface area contributed by atoms with E-state index in [1.165, 1.54) is 0 Å². The number of hydrogen-bond acceptors (Lipinski definition) is 10. The molecule has 4 aromatic rings. The van der Waals surface area contributed by atoms with Crippen molar-refractivity contribution in [3.63, 3.8) is 0 Å². The molecule has 0 spiro atoms. The molecule has 0 aliphatic heterocycles. The van der Waals surface area contributed by atoms with E-state index in [1.807, 2.05) is 64.1 Å². The Labute approximate surface area is 292 Å². The number of nitrogens with one attached hydrogen (secondary N) is 2. The van der Waals surface area contributed by atoms with Crippen molar-refractivity contribution in [1.29, 1.82) is 0 Å². The zero-order chi connectivity index (χ0) is 35.9. The van der Waals surface area contributed by atoms with Gasteiger partial charge in [-0.15, -0.1) is 0 Å². The lowest BCUT2D eigenvalue weighted by Crippen LogP contribution is -2.47. The highest BCUT2D eigenvalue weighted by molar-refractivity contribution is 6.30. The number of rotatable bonds is 18. The van der Waals surface area contributed by atoms with Gasteiger partial charge in [0, 0.05) is 37.0 Å². The summed E-state index contributed by atoms with van der Waals surface area (Å²) in [6, 6.07) is 25.1. The molecule has 2 unspecified atom stereocenters. The van der Waals surface area contributed by atoms with Crippen LogP contribution in [0.4, 0.5) is 0 Å². The molecule has 0 saturated heterocycles. The van der Waals surface area contributed by atoms with Crippen molar-refractivity contribution >= 4 is 45.3 Å². The maximum absolute atomic E-state index is 13.3. The topological polar surface area (TPSA) is 136 Å². The highest BCUT2D eigenvalue weighted by atomic mass is 16.7. The zero-order valence-electron chi connectivity index (χ0n) is 29.1. The first-order chi connectivity index (χ1) is 24.3. The molecule has 266 valence electrons. The molecule has 12 nitrogen and oxygen atoms in total. The third-order valence-corrected chi connectivity index (χ3v) is 8.23. The highest BCUT2D eigenvalue weighted by Crippen LogP contribution is 2.28. The number of ether oxygens (including phenoxy) is 4. The number of likely N-dealkylation sites (N-methyl/N-ethyl adjacent to an activating group) is 2. The SMILES string of the molecule is CCN(CC)CCNC(=O)C(OC(=O)C(=O)OC(Oc1cccc2ccccc12)C(=O)NCCN(CC)CC)Oc1cccc2ccccc12. The second-order valence-electron chi connectivity index (χ2n) is 11.3. The smallest absolute Gasteiger partial charge is 0.421 e. The quantitative estimate of drug-likeness (QED) is 0.0895. The van der Waals surface area contributed by atoms with E-state index in [9.17, 15) is 19.2 Å². The van der Waals surface area contributed by atoms with Crippen LogP contribution in [0, 0.1) is 0 Å². The number of fused-ring (bicyclic) bond motifs is 2. The second-order valence-corrected chi connectivity index (χ2v) is 11.3. The van der Waals surface area contributed by atoms with Crippen LogP contribution in [0.2, 0.25) is 0 Å². The van der Waals surface area contributed by atoms with E-state index in [0.717, 1.165) is 37.0 Å². The minimum atomic E-state index is -1.85. The first-order valence-corrected chi connectivity index (χ1v) is 17.0. The molecule has 0 aromatic heterocycles. The van der Waals surface area contributed by atoms with Gasteiger partial charge in [0.25, 0.3) is 0 Å². The van der Waals surface area contributed by atoms with Gasteiger partial charge in [0.05, 0.1) is 0 Å². The standard InChI is InChI=1S/C38H46N4O8/c1-5-41(6-2)25-23-39-33(43)37(47-31-21-13-17-27-15-9-11-19-29(27)31)49-35(45)36(46)50-38(34(44)40-24-26-42(7-3)8-4)48-32-22-14-18-28-16-10-12-20-30(28)32/h9-22,37-38H,5-8,23-26H2,1-4H3,(H,39,43)(H,40,44). The lowest BCUT2D eigenvalue weighted by Gasteiger charge is -2.23. The Hall–Kier alpha value is -5.20. The molecule has 12 heteroatoms.